The topological polar surface area (TPSA) is 74.7 Å². The molecule has 0 saturated heterocycles. The van der Waals surface area contributed by atoms with Crippen LogP contribution >= 0.6 is 0 Å². The van der Waals surface area contributed by atoms with Gasteiger partial charge in [-0.3, -0.25) is 0 Å². The number of hydrogen-bond acceptors (Lipinski definition) is 4. The fourth-order valence-electron chi connectivity index (χ4n) is 5.70. The fraction of sp³-hybridized carbons (Fsp3) is 0.407. The SMILES string of the molecule is COc1cc(/C=C/c2cc(O)c3cc[nH]c3c2)cc2c1O[C@]1(C)CC[C@@H](O)C(C)(C)[C@H]1C2. The van der Waals surface area contributed by atoms with E-state index in [0.29, 0.717) is 0 Å². The van der Waals surface area contributed by atoms with Gasteiger partial charge in [-0.05, 0) is 78.6 Å². The first kappa shape index (κ1) is 21.0. The van der Waals surface area contributed by atoms with Crippen molar-refractivity contribution in [1.82, 2.24) is 4.98 Å². The van der Waals surface area contributed by atoms with Gasteiger partial charge in [-0.1, -0.05) is 26.0 Å². The number of fused-ring (bicyclic) bond motifs is 3. The minimum absolute atomic E-state index is 0.211. The van der Waals surface area contributed by atoms with E-state index in [4.69, 9.17) is 9.47 Å². The predicted octanol–water partition coefficient (Wildman–Crippen LogP) is 5.54. The van der Waals surface area contributed by atoms with Crippen molar-refractivity contribution in [2.45, 2.75) is 51.7 Å². The molecule has 1 aromatic heterocycles. The lowest BCUT2D eigenvalue weighted by molar-refractivity contribution is -0.138. The van der Waals surface area contributed by atoms with Gasteiger partial charge in [-0.25, -0.2) is 0 Å². The van der Waals surface area contributed by atoms with E-state index in [1.165, 1.54) is 0 Å². The minimum atomic E-state index is -0.328. The smallest absolute Gasteiger partial charge is 0.165 e. The summed E-state index contributed by atoms with van der Waals surface area (Å²) >= 11 is 0. The van der Waals surface area contributed by atoms with E-state index in [1.807, 2.05) is 36.5 Å². The number of phenolic OH excluding ortho intramolecular Hbond substituents is 1. The van der Waals surface area contributed by atoms with Gasteiger partial charge < -0.3 is 24.7 Å². The van der Waals surface area contributed by atoms with E-state index >= 15 is 0 Å². The van der Waals surface area contributed by atoms with Gasteiger partial charge in [0.05, 0.1) is 13.2 Å². The van der Waals surface area contributed by atoms with E-state index in [1.54, 1.807) is 13.2 Å². The van der Waals surface area contributed by atoms with Crippen LogP contribution in [0.3, 0.4) is 0 Å². The van der Waals surface area contributed by atoms with E-state index in [0.717, 1.165) is 58.4 Å². The number of aromatic nitrogens is 1. The summed E-state index contributed by atoms with van der Waals surface area (Å²) in [6, 6.07) is 9.79. The van der Waals surface area contributed by atoms with Crippen molar-refractivity contribution in [3.63, 3.8) is 0 Å². The highest BCUT2D eigenvalue weighted by atomic mass is 16.5. The van der Waals surface area contributed by atoms with Crippen molar-refractivity contribution >= 4 is 23.1 Å². The maximum atomic E-state index is 10.7. The lowest BCUT2D eigenvalue weighted by atomic mass is 9.57. The Hall–Kier alpha value is -2.92. The van der Waals surface area contributed by atoms with Crippen LogP contribution in [-0.4, -0.2) is 34.0 Å². The number of aromatic hydroxyl groups is 1. The number of phenols is 1. The lowest BCUT2D eigenvalue weighted by Gasteiger charge is -2.55. The minimum Gasteiger partial charge on any atom is -0.507 e. The molecule has 2 aliphatic rings. The Kier molecular flexibility index (Phi) is 4.79. The molecule has 1 fully saturated rings. The number of benzene rings is 2. The Labute approximate surface area is 188 Å². The van der Waals surface area contributed by atoms with Crippen LogP contribution in [0.25, 0.3) is 23.1 Å². The van der Waals surface area contributed by atoms with Gasteiger partial charge in [0.2, 0.25) is 0 Å². The molecule has 0 unspecified atom stereocenters. The van der Waals surface area contributed by atoms with Crippen LogP contribution in [0.4, 0.5) is 0 Å². The average Bonchev–Trinajstić information content (AvgIpc) is 3.23. The fourth-order valence-corrected chi connectivity index (χ4v) is 5.70. The third kappa shape index (κ3) is 3.27. The quantitative estimate of drug-likeness (QED) is 0.474. The Morgan fingerprint density at radius 3 is 2.62 bits per heavy atom. The number of aliphatic hydroxyl groups is 1. The maximum absolute atomic E-state index is 10.7. The third-order valence-corrected chi connectivity index (χ3v) is 7.68. The first-order chi connectivity index (χ1) is 15.2. The highest BCUT2D eigenvalue weighted by Crippen LogP contribution is 2.54. The normalized spacial score (nSPS) is 26.5. The number of rotatable bonds is 3. The molecule has 0 amide bonds. The van der Waals surface area contributed by atoms with Crippen LogP contribution in [0.5, 0.6) is 17.2 Å². The molecule has 2 heterocycles. The molecule has 1 aliphatic heterocycles. The standard InChI is InChI=1S/C27H31NO4/c1-26(2)23-15-18-11-16(5-6-17-12-20-19(8-10-28-20)21(29)13-17)14-22(31-4)25(18)32-27(23,3)9-7-24(26)30/h5-6,8,10-14,23-24,28-30H,7,9,15H2,1-4H3/b6-5+/t23-,24-,27-/m1/s1. The second-order valence-corrected chi connectivity index (χ2v) is 10.1. The summed E-state index contributed by atoms with van der Waals surface area (Å²) in [5.74, 6) is 2.02. The largest absolute Gasteiger partial charge is 0.507 e. The summed E-state index contributed by atoms with van der Waals surface area (Å²) in [4.78, 5) is 3.15. The van der Waals surface area contributed by atoms with Crippen molar-refractivity contribution < 1.29 is 19.7 Å². The summed E-state index contributed by atoms with van der Waals surface area (Å²) in [7, 11) is 1.67. The maximum Gasteiger partial charge on any atom is 0.165 e. The number of H-pyrrole nitrogens is 1. The highest BCUT2D eigenvalue weighted by molar-refractivity contribution is 5.89. The number of methoxy groups -OCH3 is 1. The molecular weight excluding hydrogens is 402 g/mol. The summed E-state index contributed by atoms with van der Waals surface area (Å²) < 4.78 is 12.3. The average molecular weight is 434 g/mol. The van der Waals surface area contributed by atoms with Crippen LogP contribution in [0.2, 0.25) is 0 Å². The summed E-state index contributed by atoms with van der Waals surface area (Å²) in [6.45, 7) is 6.47. The molecule has 5 heteroatoms. The van der Waals surface area contributed by atoms with Crippen LogP contribution in [0, 0.1) is 11.3 Å². The molecule has 0 radical (unpaired) electrons. The van der Waals surface area contributed by atoms with Crippen molar-refractivity contribution in [2.75, 3.05) is 7.11 Å². The van der Waals surface area contributed by atoms with Gasteiger partial charge in [0, 0.05) is 23.0 Å². The Balaban J connectivity index is 1.51. The van der Waals surface area contributed by atoms with Crippen LogP contribution in [0.1, 0.15) is 50.3 Å². The second-order valence-electron chi connectivity index (χ2n) is 10.1. The number of ether oxygens (including phenoxy) is 2. The summed E-state index contributed by atoms with van der Waals surface area (Å²) in [6.07, 6.45) is 7.93. The van der Waals surface area contributed by atoms with E-state index in [9.17, 15) is 10.2 Å². The second kappa shape index (κ2) is 7.31. The Morgan fingerprint density at radius 1 is 1.12 bits per heavy atom. The number of aromatic amines is 1. The molecule has 168 valence electrons. The molecule has 3 N–H and O–H groups in total. The van der Waals surface area contributed by atoms with Crippen LogP contribution in [-0.2, 0) is 6.42 Å². The van der Waals surface area contributed by atoms with Gasteiger partial charge in [0.15, 0.2) is 11.5 Å². The van der Waals surface area contributed by atoms with Crippen molar-refractivity contribution in [2.24, 2.45) is 11.3 Å². The Morgan fingerprint density at radius 2 is 1.88 bits per heavy atom. The zero-order valence-corrected chi connectivity index (χ0v) is 19.1. The molecule has 0 spiro atoms. The molecule has 5 rings (SSSR count). The summed E-state index contributed by atoms with van der Waals surface area (Å²) in [5.41, 5.74) is 3.38. The zero-order valence-electron chi connectivity index (χ0n) is 19.1. The van der Waals surface area contributed by atoms with Crippen LogP contribution in [0.15, 0.2) is 36.5 Å². The predicted molar refractivity (Wildman–Crippen MR) is 127 cm³/mol. The van der Waals surface area contributed by atoms with Gasteiger partial charge in [-0.2, -0.15) is 0 Å². The number of aliphatic hydroxyl groups excluding tert-OH is 1. The summed E-state index contributed by atoms with van der Waals surface area (Å²) in [5, 5.41) is 21.8. The van der Waals surface area contributed by atoms with E-state index < -0.39 is 0 Å². The number of hydrogen-bond donors (Lipinski definition) is 3. The van der Waals surface area contributed by atoms with E-state index in [2.05, 4.69) is 31.8 Å². The molecule has 3 atom stereocenters. The first-order valence-electron chi connectivity index (χ1n) is 11.3. The van der Waals surface area contributed by atoms with Crippen molar-refractivity contribution in [1.29, 1.82) is 0 Å². The van der Waals surface area contributed by atoms with Gasteiger partial charge in [-0.15, -0.1) is 0 Å². The van der Waals surface area contributed by atoms with E-state index in [-0.39, 0.29) is 28.8 Å². The molecule has 5 nitrogen and oxygen atoms in total. The van der Waals surface area contributed by atoms with Gasteiger partial charge in [0.25, 0.3) is 0 Å². The molecule has 3 aromatic rings. The Bertz CT molecular complexity index is 1210. The molecule has 32 heavy (non-hydrogen) atoms. The molecular formula is C27H31NO4. The van der Waals surface area contributed by atoms with Crippen LogP contribution < -0.4 is 9.47 Å². The van der Waals surface area contributed by atoms with Gasteiger partial charge >= 0.3 is 0 Å². The third-order valence-electron chi connectivity index (χ3n) is 7.68. The molecule has 2 aromatic carbocycles. The first-order valence-corrected chi connectivity index (χ1v) is 11.3. The van der Waals surface area contributed by atoms with Gasteiger partial charge in [0.1, 0.15) is 11.4 Å². The molecule has 1 saturated carbocycles. The monoisotopic (exact) mass is 433 g/mol. The zero-order chi connectivity index (χ0) is 22.7. The van der Waals surface area contributed by atoms with Crippen molar-refractivity contribution in [3.8, 4) is 17.2 Å². The lowest BCUT2D eigenvalue weighted by Crippen LogP contribution is -2.58. The highest BCUT2D eigenvalue weighted by Gasteiger charge is 2.54. The molecule has 1 aliphatic carbocycles. The number of nitrogens with one attached hydrogen (secondary N) is 1. The molecule has 0 bridgehead atoms. The van der Waals surface area contributed by atoms with Crippen molar-refractivity contribution in [3.05, 3.63) is 53.2 Å².